The van der Waals surface area contributed by atoms with Crippen LogP contribution in [0.4, 0.5) is 0 Å². The Morgan fingerprint density at radius 2 is 1.86 bits per heavy atom. The first-order valence-corrected chi connectivity index (χ1v) is 9.65. The third kappa shape index (κ3) is 3.10. The summed E-state index contributed by atoms with van der Waals surface area (Å²) in [4.78, 5) is 26.6. The zero-order chi connectivity index (χ0) is 19.8. The summed E-state index contributed by atoms with van der Waals surface area (Å²) in [5.74, 6) is 0.0673. The highest BCUT2D eigenvalue weighted by atomic mass is 16.2. The van der Waals surface area contributed by atoms with Gasteiger partial charge in [-0.1, -0.05) is 42.5 Å². The van der Waals surface area contributed by atoms with Gasteiger partial charge in [0.25, 0.3) is 11.5 Å². The summed E-state index contributed by atoms with van der Waals surface area (Å²) < 4.78 is 0. The zero-order valence-electron chi connectivity index (χ0n) is 15.8. The maximum atomic E-state index is 12.8. The summed E-state index contributed by atoms with van der Waals surface area (Å²) in [5, 5.41) is 9.87. The van der Waals surface area contributed by atoms with Crippen molar-refractivity contribution in [1.29, 1.82) is 0 Å². The zero-order valence-corrected chi connectivity index (χ0v) is 15.8. The molecule has 1 N–H and O–H groups in total. The molecule has 1 aromatic heterocycles. The van der Waals surface area contributed by atoms with Crippen molar-refractivity contribution in [3.63, 3.8) is 0 Å². The number of carbonyl (C=O) groups excluding carboxylic acids is 1. The predicted octanol–water partition coefficient (Wildman–Crippen LogP) is 4.15. The molecule has 1 aliphatic rings. The minimum absolute atomic E-state index is 0.0673. The van der Waals surface area contributed by atoms with Crippen LogP contribution in [0.25, 0.3) is 32.7 Å². The second kappa shape index (κ2) is 7.02. The summed E-state index contributed by atoms with van der Waals surface area (Å²) in [6.07, 6.45) is 6.72. The molecular weight excluding hydrogens is 362 g/mol. The van der Waals surface area contributed by atoms with Gasteiger partial charge in [0, 0.05) is 24.0 Å². The number of H-pyrrole nitrogens is 1. The summed E-state index contributed by atoms with van der Waals surface area (Å²) in [7, 11) is 0. The molecule has 0 aliphatic carbocycles. The van der Waals surface area contributed by atoms with Crippen molar-refractivity contribution in [2.45, 2.75) is 6.42 Å². The van der Waals surface area contributed by atoms with E-state index in [9.17, 15) is 9.59 Å². The van der Waals surface area contributed by atoms with E-state index in [1.807, 2.05) is 59.5 Å². The van der Waals surface area contributed by atoms with E-state index in [4.69, 9.17) is 0 Å². The van der Waals surface area contributed by atoms with Crippen molar-refractivity contribution in [3.05, 3.63) is 88.9 Å². The van der Waals surface area contributed by atoms with Gasteiger partial charge in [-0.25, -0.2) is 5.10 Å². The fraction of sp³-hybridized carbons (Fsp3) is 0.125. The number of amides is 1. The van der Waals surface area contributed by atoms with Gasteiger partial charge in [0.15, 0.2) is 0 Å². The standard InChI is InChI=1S/C24H19N3O2/c28-23-22-10-7-17(14-19(22)15-25-26-23)20-6-4-5-16-13-18(8-9-21(16)20)24(29)27-11-2-1-3-12-27/h1-2,4-10,13-15H,3,11-12H2,(H,26,28). The molecule has 0 atom stereocenters. The maximum Gasteiger partial charge on any atom is 0.272 e. The van der Waals surface area contributed by atoms with Crippen molar-refractivity contribution in [3.8, 4) is 11.1 Å². The van der Waals surface area contributed by atoms with Gasteiger partial charge in [-0.2, -0.15) is 5.10 Å². The van der Waals surface area contributed by atoms with Crippen LogP contribution in [0.1, 0.15) is 16.8 Å². The molecule has 4 aromatic rings. The largest absolute Gasteiger partial charge is 0.335 e. The third-order valence-corrected chi connectivity index (χ3v) is 5.45. The van der Waals surface area contributed by atoms with E-state index in [0.29, 0.717) is 17.5 Å². The first-order chi connectivity index (χ1) is 14.2. The molecule has 1 aliphatic heterocycles. The monoisotopic (exact) mass is 381 g/mol. The van der Waals surface area contributed by atoms with E-state index < -0.39 is 0 Å². The van der Waals surface area contributed by atoms with Crippen LogP contribution in [0.15, 0.2) is 77.7 Å². The molecule has 142 valence electrons. The summed E-state index contributed by atoms with van der Waals surface area (Å²) >= 11 is 0. The van der Waals surface area contributed by atoms with Crippen LogP contribution in [-0.2, 0) is 0 Å². The highest BCUT2D eigenvalue weighted by molar-refractivity contribution is 6.03. The highest BCUT2D eigenvalue weighted by Crippen LogP contribution is 2.31. The number of rotatable bonds is 2. The smallest absolute Gasteiger partial charge is 0.272 e. The Morgan fingerprint density at radius 3 is 2.72 bits per heavy atom. The first kappa shape index (κ1) is 17.4. The van der Waals surface area contributed by atoms with E-state index in [1.54, 1.807) is 6.20 Å². The second-order valence-electron chi connectivity index (χ2n) is 7.25. The number of nitrogens with zero attached hydrogens (tertiary/aromatic N) is 2. The topological polar surface area (TPSA) is 66.1 Å². The third-order valence-electron chi connectivity index (χ3n) is 5.45. The molecule has 0 saturated heterocycles. The van der Waals surface area contributed by atoms with Crippen LogP contribution >= 0.6 is 0 Å². The number of fused-ring (bicyclic) bond motifs is 2. The number of carbonyl (C=O) groups is 1. The van der Waals surface area contributed by atoms with Gasteiger partial charge in [-0.05, 0) is 52.6 Å². The first-order valence-electron chi connectivity index (χ1n) is 9.65. The molecule has 0 radical (unpaired) electrons. The molecule has 5 nitrogen and oxygen atoms in total. The molecule has 0 bridgehead atoms. The lowest BCUT2D eigenvalue weighted by Gasteiger charge is -2.23. The minimum atomic E-state index is -0.192. The van der Waals surface area contributed by atoms with E-state index in [0.717, 1.165) is 40.3 Å². The maximum absolute atomic E-state index is 12.8. The van der Waals surface area contributed by atoms with E-state index in [1.165, 1.54) is 0 Å². The van der Waals surface area contributed by atoms with Crippen LogP contribution in [0.3, 0.4) is 0 Å². The van der Waals surface area contributed by atoms with E-state index in [-0.39, 0.29) is 11.5 Å². The van der Waals surface area contributed by atoms with Crippen LogP contribution < -0.4 is 5.56 Å². The molecule has 5 rings (SSSR count). The lowest BCUT2D eigenvalue weighted by molar-refractivity contribution is 0.0771. The lowest BCUT2D eigenvalue weighted by atomic mass is 9.95. The molecule has 29 heavy (non-hydrogen) atoms. The van der Waals surface area contributed by atoms with Crippen molar-refractivity contribution in [2.24, 2.45) is 0 Å². The Bertz CT molecular complexity index is 1340. The number of aromatic nitrogens is 2. The second-order valence-corrected chi connectivity index (χ2v) is 7.25. The van der Waals surface area contributed by atoms with Gasteiger partial charge in [0.05, 0.1) is 11.6 Å². The molecule has 0 unspecified atom stereocenters. The van der Waals surface area contributed by atoms with Crippen LogP contribution in [0.2, 0.25) is 0 Å². The van der Waals surface area contributed by atoms with Crippen LogP contribution in [0, 0.1) is 0 Å². The molecule has 5 heteroatoms. The number of hydrogen-bond acceptors (Lipinski definition) is 3. The van der Waals surface area contributed by atoms with E-state index >= 15 is 0 Å². The van der Waals surface area contributed by atoms with Crippen LogP contribution in [-0.4, -0.2) is 34.1 Å². The highest BCUT2D eigenvalue weighted by Gasteiger charge is 2.16. The molecule has 0 spiro atoms. The predicted molar refractivity (Wildman–Crippen MR) is 115 cm³/mol. The Balaban J connectivity index is 1.58. The van der Waals surface area contributed by atoms with Crippen molar-refractivity contribution in [1.82, 2.24) is 15.1 Å². The normalized spacial score (nSPS) is 13.9. The SMILES string of the molecule is O=C(c1ccc2c(-c3ccc4c(=O)[nH]ncc4c3)cccc2c1)N1CC=CCC1. The molecule has 0 fully saturated rings. The van der Waals surface area contributed by atoms with Crippen molar-refractivity contribution >= 4 is 27.5 Å². The minimum Gasteiger partial charge on any atom is -0.335 e. The Kier molecular flexibility index (Phi) is 4.21. The number of hydrogen-bond donors (Lipinski definition) is 1. The Hall–Kier alpha value is -3.73. The van der Waals surface area contributed by atoms with Gasteiger partial charge in [-0.3, -0.25) is 9.59 Å². The summed E-state index contributed by atoms with van der Waals surface area (Å²) in [6.45, 7) is 1.43. The summed E-state index contributed by atoms with van der Waals surface area (Å²) in [5.41, 5.74) is 2.59. The Labute approximate surface area is 167 Å². The van der Waals surface area contributed by atoms with Gasteiger partial charge in [0.2, 0.25) is 0 Å². The van der Waals surface area contributed by atoms with Gasteiger partial charge < -0.3 is 4.90 Å². The number of benzene rings is 3. The average Bonchev–Trinajstić information content (AvgIpc) is 2.78. The van der Waals surface area contributed by atoms with Gasteiger partial charge in [-0.15, -0.1) is 0 Å². The van der Waals surface area contributed by atoms with E-state index in [2.05, 4.69) is 22.3 Å². The van der Waals surface area contributed by atoms with Crippen molar-refractivity contribution < 1.29 is 4.79 Å². The molecule has 1 amide bonds. The Morgan fingerprint density at radius 1 is 0.966 bits per heavy atom. The molecular formula is C24H19N3O2. The molecule has 2 heterocycles. The fourth-order valence-corrected chi connectivity index (χ4v) is 3.94. The summed E-state index contributed by atoms with van der Waals surface area (Å²) in [6, 6.07) is 17.7. The molecule has 0 saturated carbocycles. The van der Waals surface area contributed by atoms with Crippen molar-refractivity contribution in [2.75, 3.05) is 13.1 Å². The van der Waals surface area contributed by atoms with Gasteiger partial charge >= 0.3 is 0 Å². The van der Waals surface area contributed by atoms with Crippen LogP contribution in [0.5, 0.6) is 0 Å². The van der Waals surface area contributed by atoms with Gasteiger partial charge in [0.1, 0.15) is 0 Å². The number of aromatic amines is 1. The molecule has 3 aromatic carbocycles. The average molecular weight is 381 g/mol. The lowest BCUT2D eigenvalue weighted by Crippen LogP contribution is -2.33. The number of nitrogens with one attached hydrogen (secondary N) is 1. The quantitative estimate of drug-likeness (QED) is 0.531. The fourth-order valence-electron chi connectivity index (χ4n) is 3.94.